The quantitative estimate of drug-likeness (QED) is 0.864. The van der Waals surface area contributed by atoms with Crippen molar-refractivity contribution in [2.45, 2.75) is 39.3 Å². The summed E-state index contributed by atoms with van der Waals surface area (Å²) in [6, 6.07) is 17.4. The van der Waals surface area contributed by atoms with Gasteiger partial charge in [0.2, 0.25) is 5.91 Å². The zero-order valence-electron chi connectivity index (χ0n) is 14.7. The molecule has 1 fully saturated rings. The Morgan fingerprint density at radius 2 is 1.84 bits per heavy atom. The SMILES string of the molecule is CC(=O)Nc1cccc(C(=O)N(Cc2ccccc2)C(C)C2CC2)c1. The molecule has 0 aliphatic heterocycles. The average molecular weight is 336 g/mol. The van der Waals surface area contributed by atoms with Crippen LogP contribution in [0.15, 0.2) is 54.6 Å². The number of anilines is 1. The van der Waals surface area contributed by atoms with Crippen LogP contribution in [-0.2, 0) is 11.3 Å². The highest BCUT2D eigenvalue weighted by atomic mass is 16.2. The van der Waals surface area contributed by atoms with Crippen molar-refractivity contribution in [2.75, 3.05) is 5.32 Å². The number of carbonyl (C=O) groups is 2. The van der Waals surface area contributed by atoms with Crippen LogP contribution < -0.4 is 5.32 Å². The maximum atomic E-state index is 13.2. The molecule has 1 saturated carbocycles. The van der Waals surface area contributed by atoms with Crippen molar-refractivity contribution in [3.63, 3.8) is 0 Å². The van der Waals surface area contributed by atoms with Gasteiger partial charge in [-0.05, 0) is 49.4 Å². The summed E-state index contributed by atoms with van der Waals surface area (Å²) in [5.74, 6) is 0.457. The van der Waals surface area contributed by atoms with Gasteiger partial charge in [-0.25, -0.2) is 0 Å². The van der Waals surface area contributed by atoms with E-state index in [1.165, 1.54) is 19.8 Å². The first-order valence-electron chi connectivity index (χ1n) is 8.77. The van der Waals surface area contributed by atoms with Crippen LogP contribution in [-0.4, -0.2) is 22.8 Å². The zero-order chi connectivity index (χ0) is 17.8. The van der Waals surface area contributed by atoms with Gasteiger partial charge in [0.1, 0.15) is 0 Å². The number of carbonyl (C=O) groups excluding carboxylic acids is 2. The van der Waals surface area contributed by atoms with E-state index in [0.29, 0.717) is 23.7 Å². The number of benzene rings is 2. The van der Waals surface area contributed by atoms with E-state index in [1.54, 1.807) is 18.2 Å². The molecule has 3 rings (SSSR count). The Bertz CT molecular complexity index is 754. The molecule has 0 heterocycles. The third-order valence-electron chi connectivity index (χ3n) is 4.68. The molecule has 2 aromatic carbocycles. The summed E-state index contributed by atoms with van der Waals surface area (Å²) in [5.41, 5.74) is 2.38. The molecule has 0 spiro atoms. The van der Waals surface area contributed by atoms with Crippen molar-refractivity contribution in [1.29, 1.82) is 0 Å². The monoisotopic (exact) mass is 336 g/mol. The smallest absolute Gasteiger partial charge is 0.254 e. The minimum absolute atomic E-state index is 0.00968. The first kappa shape index (κ1) is 17.2. The molecule has 2 aromatic rings. The number of rotatable bonds is 6. The van der Waals surface area contributed by atoms with Gasteiger partial charge in [0.25, 0.3) is 5.91 Å². The second-order valence-corrected chi connectivity index (χ2v) is 6.76. The second-order valence-electron chi connectivity index (χ2n) is 6.76. The van der Waals surface area contributed by atoms with Crippen molar-refractivity contribution in [3.05, 3.63) is 65.7 Å². The summed E-state index contributed by atoms with van der Waals surface area (Å²) >= 11 is 0. The van der Waals surface area contributed by atoms with E-state index in [-0.39, 0.29) is 17.9 Å². The molecule has 1 aliphatic carbocycles. The molecule has 1 unspecified atom stereocenters. The minimum atomic E-state index is -0.142. The third-order valence-corrected chi connectivity index (χ3v) is 4.68. The van der Waals surface area contributed by atoms with Crippen LogP contribution in [0.3, 0.4) is 0 Å². The van der Waals surface area contributed by atoms with E-state index in [0.717, 1.165) is 5.56 Å². The minimum Gasteiger partial charge on any atom is -0.331 e. The van der Waals surface area contributed by atoms with E-state index in [9.17, 15) is 9.59 Å². The van der Waals surface area contributed by atoms with Gasteiger partial charge >= 0.3 is 0 Å². The van der Waals surface area contributed by atoms with E-state index in [4.69, 9.17) is 0 Å². The van der Waals surface area contributed by atoms with E-state index in [2.05, 4.69) is 12.2 Å². The summed E-state index contributed by atoms with van der Waals surface area (Å²) in [7, 11) is 0. The molecule has 1 aliphatic rings. The zero-order valence-corrected chi connectivity index (χ0v) is 14.7. The van der Waals surface area contributed by atoms with Crippen LogP contribution in [0.25, 0.3) is 0 Å². The second kappa shape index (κ2) is 7.51. The summed E-state index contributed by atoms with van der Waals surface area (Å²) in [4.78, 5) is 26.4. The molecule has 130 valence electrons. The van der Waals surface area contributed by atoms with E-state index in [1.807, 2.05) is 41.3 Å². The Morgan fingerprint density at radius 1 is 1.12 bits per heavy atom. The van der Waals surface area contributed by atoms with Gasteiger partial charge in [-0.1, -0.05) is 36.4 Å². The van der Waals surface area contributed by atoms with Gasteiger partial charge in [-0.3, -0.25) is 9.59 Å². The molecule has 1 N–H and O–H groups in total. The van der Waals surface area contributed by atoms with Crippen LogP contribution in [0.5, 0.6) is 0 Å². The maximum Gasteiger partial charge on any atom is 0.254 e. The molecule has 0 saturated heterocycles. The summed E-state index contributed by atoms with van der Waals surface area (Å²) in [5, 5.41) is 2.74. The van der Waals surface area contributed by atoms with Gasteiger partial charge < -0.3 is 10.2 Å². The normalized spacial score (nSPS) is 14.6. The van der Waals surface area contributed by atoms with Crippen LogP contribution in [0.2, 0.25) is 0 Å². The van der Waals surface area contributed by atoms with Crippen LogP contribution in [0.1, 0.15) is 42.6 Å². The lowest BCUT2D eigenvalue weighted by atomic mass is 10.1. The van der Waals surface area contributed by atoms with E-state index >= 15 is 0 Å². The van der Waals surface area contributed by atoms with Crippen molar-refractivity contribution in [3.8, 4) is 0 Å². The third kappa shape index (κ3) is 4.47. The number of nitrogens with one attached hydrogen (secondary N) is 1. The fourth-order valence-electron chi connectivity index (χ4n) is 3.11. The Balaban J connectivity index is 1.84. The fourth-order valence-corrected chi connectivity index (χ4v) is 3.11. The fraction of sp³-hybridized carbons (Fsp3) is 0.333. The first-order chi connectivity index (χ1) is 12.0. The Morgan fingerprint density at radius 3 is 2.48 bits per heavy atom. The van der Waals surface area contributed by atoms with Gasteiger partial charge in [0, 0.05) is 30.8 Å². The number of hydrogen-bond acceptors (Lipinski definition) is 2. The molecule has 25 heavy (non-hydrogen) atoms. The van der Waals surface area contributed by atoms with Crippen LogP contribution >= 0.6 is 0 Å². The largest absolute Gasteiger partial charge is 0.331 e. The first-order valence-corrected chi connectivity index (χ1v) is 8.77. The molecule has 4 heteroatoms. The van der Waals surface area contributed by atoms with Crippen LogP contribution in [0.4, 0.5) is 5.69 Å². The van der Waals surface area contributed by atoms with Gasteiger partial charge in [0.05, 0.1) is 0 Å². The topological polar surface area (TPSA) is 49.4 Å². The number of hydrogen-bond donors (Lipinski definition) is 1. The highest BCUT2D eigenvalue weighted by molar-refractivity contribution is 5.97. The molecule has 4 nitrogen and oxygen atoms in total. The molecule has 0 aromatic heterocycles. The highest BCUT2D eigenvalue weighted by Crippen LogP contribution is 2.36. The lowest BCUT2D eigenvalue weighted by Gasteiger charge is -2.30. The van der Waals surface area contributed by atoms with Crippen molar-refractivity contribution >= 4 is 17.5 Å². The van der Waals surface area contributed by atoms with Crippen molar-refractivity contribution < 1.29 is 9.59 Å². The van der Waals surface area contributed by atoms with Gasteiger partial charge in [-0.15, -0.1) is 0 Å². The average Bonchev–Trinajstić information content (AvgIpc) is 3.44. The van der Waals surface area contributed by atoms with E-state index < -0.39 is 0 Å². The lowest BCUT2D eigenvalue weighted by Crippen LogP contribution is -2.39. The number of nitrogens with zero attached hydrogens (tertiary/aromatic N) is 1. The molecular formula is C21H24N2O2. The Labute approximate surface area is 148 Å². The van der Waals surface area contributed by atoms with Gasteiger partial charge in [-0.2, -0.15) is 0 Å². The highest BCUT2D eigenvalue weighted by Gasteiger charge is 2.34. The summed E-state index contributed by atoms with van der Waals surface area (Å²) < 4.78 is 0. The Kier molecular flexibility index (Phi) is 5.17. The molecular weight excluding hydrogens is 312 g/mol. The summed E-state index contributed by atoms with van der Waals surface area (Å²) in [6.07, 6.45) is 2.37. The number of amides is 2. The Hall–Kier alpha value is -2.62. The molecule has 2 amide bonds. The maximum absolute atomic E-state index is 13.2. The lowest BCUT2D eigenvalue weighted by molar-refractivity contribution is -0.114. The van der Waals surface area contributed by atoms with Gasteiger partial charge in [0.15, 0.2) is 0 Å². The molecule has 1 atom stereocenters. The predicted octanol–water partition coefficient (Wildman–Crippen LogP) is 4.09. The summed E-state index contributed by atoms with van der Waals surface area (Å²) in [6.45, 7) is 4.20. The molecule has 0 radical (unpaired) electrons. The van der Waals surface area contributed by atoms with Crippen molar-refractivity contribution in [2.24, 2.45) is 5.92 Å². The van der Waals surface area contributed by atoms with Crippen molar-refractivity contribution in [1.82, 2.24) is 4.90 Å². The standard InChI is InChI=1S/C21H24N2O2/c1-15(18-11-12-18)23(14-17-7-4-3-5-8-17)21(25)19-9-6-10-20(13-19)22-16(2)24/h3-10,13,15,18H,11-12,14H2,1-2H3,(H,22,24). The van der Waals surface area contributed by atoms with Crippen LogP contribution in [0, 0.1) is 5.92 Å². The predicted molar refractivity (Wildman–Crippen MR) is 99.2 cm³/mol. The molecule has 0 bridgehead atoms.